The predicted octanol–water partition coefficient (Wildman–Crippen LogP) is 4.48. The van der Waals surface area contributed by atoms with Crippen molar-refractivity contribution in [1.82, 2.24) is 20.2 Å². The van der Waals surface area contributed by atoms with E-state index in [0.29, 0.717) is 12.0 Å². The summed E-state index contributed by atoms with van der Waals surface area (Å²) in [5.74, 6) is 0.558. The Balaban J connectivity index is 1.49. The number of nitrogens with one attached hydrogen (secondary N) is 1. The van der Waals surface area contributed by atoms with Gasteiger partial charge in [0, 0.05) is 55.6 Å². The Morgan fingerprint density at radius 2 is 2.07 bits per heavy atom. The van der Waals surface area contributed by atoms with Crippen LogP contribution >= 0.6 is 11.3 Å². The van der Waals surface area contributed by atoms with Gasteiger partial charge in [0.15, 0.2) is 0 Å². The van der Waals surface area contributed by atoms with Gasteiger partial charge in [0.05, 0.1) is 5.69 Å². The van der Waals surface area contributed by atoms with Crippen LogP contribution in [0.2, 0.25) is 0 Å². The molecule has 0 saturated carbocycles. The Morgan fingerprint density at radius 3 is 2.81 bits per heavy atom. The minimum atomic E-state index is 0.350. The minimum absolute atomic E-state index is 0.350. The average Bonchev–Trinajstić information content (AvgIpc) is 3.18. The van der Waals surface area contributed by atoms with Gasteiger partial charge in [-0.2, -0.15) is 0 Å². The number of nitrogens with zero attached hydrogens (tertiary/aromatic N) is 3. The van der Waals surface area contributed by atoms with Crippen molar-refractivity contribution in [3.63, 3.8) is 0 Å². The van der Waals surface area contributed by atoms with Gasteiger partial charge in [0.2, 0.25) is 0 Å². The van der Waals surface area contributed by atoms with Crippen LogP contribution in [0, 0.1) is 0 Å². The van der Waals surface area contributed by atoms with Crippen LogP contribution in [0.4, 0.5) is 0 Å². The van der Waals surface area contributed by atoms with E-state index < -0.39 is 0 Å². The highest BCUT2D eigenvalue weighted by molar-refractivity contribution is 7.13. The molecule has 140 valence electrons. The topological polar surface area (TPSA) is 41.1 Å². The fourth-order valence-electron chi connectivity index (χ4n) is 3.57. The monoisotopic (exact) mass is 378 g/mol. The summed E-state index contributed by atoms with van der Waals surface area (Å²) in [4.78, 5) is 11.7. The zero-order valence-corrected chi connectivity index (χ0v) is 16.7. The van der Waals surface area contributed by atoms with Gasteiger partial charge >= 0.3 is 0 Å². The van der Waals surface area contributed by atoms with Gasteiger partial charge in [-0.1, -0.05) is 44.2 Å². The van der Waals surface area contributed by atoms with Crippen LogP contribution in [0.1, 0.15) is 42.6 Å². The second-order valence-corrected chi connectivity index (χ2v) is 8.26. The number of hydrogen-bond donors (Lipinski definition) is 1. The molecule has 0 amide bonds. The molecule has 1 saturated heterocycles. The first-order valence-corrected chi connectivity index (χ1v) is 10.5. The van der Waals surface area contributed by atoms with Crippen molar-refractivity contribution in [2.45, 2.75) is 32.4 Å². The normalized spacial score (nSPS) is 18.1. The number of aromatic nitrogens is 2. The first-order valence-electron chi connectivity index (χ1n) is 9.60. The van der Waals surface area contributed by atoms with Crippen molar-refractivity contribution < 1.29 is 0 Å². The van der Waals surface area contributed by atoms with Gasteiger partial charge < -0.3 is 5.32 Å². The van der Waals surface area contributed by atoms with Gasteiger partial charge in [-0.25, -0.2) is 4.98 Å². The molecule has 4 rings (SSSR count). The third-order valence-corrected chi connectivity index (χ3v) is 6.10. The van der Waals surface area contributed by atoms with Crippen LogP contribution in [0.25, 0.3) is 10.6 Å². The van der Waals surface area contributed by atoms with E-state index in [9.17, 15) is 0 Å². The summed E-state index contributed by atoms with van der Waals surface area (Å²) in [6.45, 7) is 8.33. The predicted molar refractivity (Wildman–Crippen MR) is 112 cm³/mol. The first-order chi connectivity index (χ1) is 13.2. The Labute approximate surface area is 165 Å². The molecule has 0 bridgehead atoms. The number of thiazole rings is 1. The van der Waals surface area contributed by atoms with Gasteiger partial charge in [-0.05, 0) is 23.1 Å². The Hall–Kier alpha value is -2.08. The van der Waals surface area contributed by atoms with Crippen LogP contribution in [0.3, 0.4) is 0 Å². The quantitative estimate of drug-likeness (QED) is 0.711. The highest BCUT2D eigenvalue weighted by Crippen LogP contribution is 2.28. The molecule has 0 spiro atoms. The highest BCUT2D eigenvalue weighted by atomic mass is 32.1. The molecule has 3 heterocycles. The molecule has 1 atom stereocenters. The molecular formula is C22H26N4S. The molecule has 0 radical (unpaired) electrons. The highest BCUT2D eigenvalue weighted by Gasteiger charge is 2.24. The maximum Gasteiger partial charge on any atom is 0.123 e. The Kier molecular flexibility index (Phi) is 5.62. The summed E-state index contributed by atoms with van der Waals surface area (Å²) in [6.07, 6.45) is 3.81. The molecule has 1 aliphatic rings. The van der Waals surface area contributed by atoms with Gasteiger partial charge in [-0.15, -0.1) is 11.3 Å². The lowest BCUT2D eigenvalue weighted by Gasteiger charge is -2.35. The lowest BCUT2D eigenvalue weighted by atomic mass is 10.0. The summed E-state index contributed by atoms with van der Waals surface area (Å²) in [5.41, 5.74) is 5.00. The third-order valence-electron chi connectivity index (χ3n) is 5.16. The molecule has 1 fully saturated rings. The molecule has 1 N–H and O–H groups in total. The van der Waals surface area contributed by atoms with Gasteiger partial charge in [0.1, 0.15) is 5.01 Å². The van der Waals surface area contributed by atoms with Crippen molar-refractivity contribution in [3.8, 4) is 10.6 Å². The zero-order chi connectivity index (χ0) is 18.6. The van der Waals surface area contributed by atoms with Crippen molar-refractivity contribution in [2.75, 3.05) is 19.6 Å². The number of benzene rings is 1. The van der Waals surface area contributed by atoms with E-state index in [1.807, 2.05) is 18.5 Å². The third kappa shape index (κ3) is 4.26. The van der Waals surface area contributed by atoms with Crippen molar-refractivity contribution in [2.24, 2.45) is 0 Å². The average molecular weight is 379 g/mol. The molecule has 27 heavy (non-hydrogen) atoms. The maximum absolute atomic E-state index is 4.92. The second-order valence-electron chi connectivity index (χ2n) is 7.40. The summed E-state index contributed by atoms with van der Waals surface area (Å²) in [5, 5.41) is 6.81. The van der Waals surface area contributed by atoms with E-state index in [4.69, 9.17) is 4.98 Å². The molecule has 4 nitrogen and oxygen atoms in total. The SMILES string of the molecule is CC(C)c1ccc(-c2nc(CN3CCNCC3c3cccnc3)cs2)cc1. The summed E-state index contributed by atoms with van der Waals surface area (Å²) in [6, 6.07) is 13.4. The van der Waals surface area contributed by atoms with Crippen LogP contribution in [-0.2, 0) is 6.54 Å². The Morgan fingerprint density at radius 1 is 1.22 bits per heavy atom. The number of pyridine rings is 1. The van der Waals surface area contributed by atoms with E-state index >= 15 is 0 Å². The molecule has 2 aromatic heterocycles. The standard InChI is InChI=1S/C22H26N4S/c1-16(2)17-5-7-18(8-6-17)22-25-20(15-27-22)14-26-11-10-24-13-21(26)19-4-3-9-23-12-19/h3-9,12,15-16,21,24H,10-11,13-14H2,1-2H3. The van der Waals surface area contributed by atoms with E-state index in [0.717, 1.165) is 36.9 Å². The number of rotatable bonds is 5. The molecule has 0 aliphatic carbocycles. The van der Waals surface area contributed by atoms with Gasteiger partial charge in [-0.3, -0.25) is 9.88 Å². The number of piperazine rings is 1. The lowest BCUT2D eigenvalue weighted by molar-refractivity contribution is 0.152. The summed E-state index contributed by atoms with van der Waals surface area (Å²) in [7, 11) is 0. The van der Waals surface area contributed by atoms with Crippen molar-refractivity contribution >= 4 is 11.3 Å². The van der Waals surface area contributed by atoms with Crippen LogP contribution < -0.4 is 5.32 Å². The molecular weight excluding hydrogens is 352 g/mol. The molecule has 1 aromatic carbocycles. The lowest BCUT2D eigenvalue weighted by Crippen LogP contribution is -2.45. The first kappa shape index (κ1) is 18.3. The Bertz CT molecular complexity index is 858. The van der Waals surface area contributed by atoms with E-state index in [1.165, 1.54) is 16.7 Å². The van der Waals surface area contributed by atoms with Crippen molar-refractivity contribution in [3.05, 3.63) is 71.0 Å². The fraction of sp³-hybridized carbons (Fsp3) is 0.364. The largest absolute Gasteiger partial charge is 0.314 e. The van der Waals surface area contributed by atoms with Crippen LogP contribution in [-0.4, -0.2) is 34.5 Å². The molecule has 5 heteroatoms. The maximum atomic E-state index is 4.92. The fourth-order valence-corrected chi connectivity index (χ4v) is 4.39. The summed E-state index contributed by atoms with van der Waals surface area (Å²) >= 11 is 1.74. The second kappa shape index (κ2) is 8.30. The van der Waals surface area contributed by atoms with Crippen LogP contribution in [0.5, 0.6) is 0 Å². The molecule has 3 aromatic rings. The summed E-state index contributed by atoms with van der Waals surface area (Å²) < 4.78 is 0. The van der Waals surface area contributed by atoms with Crippen molar-refractivity contribution in [1.29, 1.82) is 0 Å². The van der Waals surface area contributed by atoms with Crippen LogP contribution in [0.15, 0.2) is 54.2 Å². The minimum Gasteiger partial charge on any atom is -0.314 e. The van der Waals surface area contributed by atoms with E-state index in [2.05, 4.69) is 64.8 Å². The molecule has 1 aliphatic heterocycles. The smallest absolute Gasteiger partial charge is 0.123 e. The molecule has 1 unspecified atom stereocenters. The number of hydrogen-bond acceptors (Lipinski definition) is 5. The van der Waals surface area contributed by atoms with E-state index in [-0.39, 0.29) is 0 Å². The zero-order valence-electron chi connectivity index (χ0n) is 15.9. The van der Waals surface area contributed by atoms with E-state index in [1.54, 1.807) is 11.3 Å². The van der Waals surface area contributed by atoms with Gasteiger partial charge in [0.25, 0.3) is 0 Å².